The van der Waals surface area contributed by atoms with Crippen LogP contribution in [0.1, 0.15) is 25.7 Å². The summed E-state index contributed by atoms with van der Waals surface area (Å²) in [5.41, 5.74) is 0. The minimum atomic E-state index is -0.681. The smallest absolute Gasteiger partial charge is 0.303 e. The van der Waals surface area contributed by atoms with E-state index in [1.165, 1.54) is 19.4 Å². The summed E-state index contributed by atoms with van der Waals surface area (Å²) < 4.78 is 0. The number of piperazine rings is 1. The number of rotatable bonds is 7. The molecular formula is C19H30N4O2. The third-order valence-electron chi connectivity index (χ3n) is 5.33. The predicted molar refractivity (Wildman–Crippen MR) is 98.9 cm³/mol. The van der Waals surface area contributed by atoms with Gasteiger partial charge >= 0.3 is 5.97 Å². The van der Waals surface area contributed by atoms with Crippen LogP contribution in [0.2, 0.25) is 0 Å². The van der Waals surface area contributed by atoms with Crippen LogP contribution < -0.4 is 4.90 Å². The molecule has 1 aromatic heterocycles. The molecule has 0 radical (unpaired) electrons. The molecule has 1 unspecified atom stereocenters. The van der Waals surface area contributed by atoms with E-state index in [4.69, 9.17) is 5.11 Å². The number of carboxylic acids is 1. The molecule has 2 aliphatic heterocycles. The number of nitrogens with zero attached hydrogens (tertiary/aromatic N) is 4. The van der Waals surface area contributed by atoms with Crippen LogP contribution in [-0.4, -0.2) is 78.2 Å². The first-order valence-electron chi connectivity index (χ1n) is 9.53. The minimum absolute atomic E-state index is 0.288. The fourth-order valence-electron chi connectivity index (χ4n) is 4.02. The quantitative estimate of drug-likeness (QED) is 0.812. The highest BCUT2D eigenvalue weighted by molar-refractivity contribution is 5.66. The summed E-state index contributed by atoms with van der Waals surface area (Å²) in [6.45, 7) is 8.65. The van der Waals surface area contributed by atoms with Gasteiger partial charge in [-0.3, -0.25) is 9.69 Å². The monoisotopic (exact) mass is 346 g/mol. The molecule has 3 rings (SSSR count). The van der Waals surface area contributed by atoms with Crippen LogP contribution in [0.3, 0.4) is 0 Å². The zero-order valence-corrected chi connectivity index (χ0v) is 15.0. The Labute approximate surface area is 150 Å². The zero-order chi connectivity index (χ0) is 17.5. The van der Waals surface area contributed by atoms with Gasteiger partial charge in [0.15, 0.2) is 0 Å². The second-order valence-corrected chi connectivity index (χ2v) is 7.28. The maximum atomic E-state index is 10.7. The second kappa shape index (κ2) is 9.15. The van der Waals surface area contributed by atoms with Crippen LogP contribution >= 0.6 is 0 Å². The van der Waals surface area contributed by atoms with Crippen LogP contribution in [0, 0.1) is 5.92 Å². The molecule has 0 aromatic carbocycles. The summed E-state index contributed by atoms with van der Waals surface area (Å²) in [6, 6.07) is 6.10. The van der Waals surface area contributed by atoms with E-state index in [0.29, 0.717) is 0 Å². The molecule has 25 heavy (non-hydrogen) atoms. The van der Waals surface area contributed by atoms with Crippen molar-refractivity contribution in [2.24, 2.45) is 5.92 Å². The van der Waals surface area contributed by atoms with Crippen LogP contribution in [0.15, 0.2) is 24.4 Å². The lowest BCUT2D eigenvalue weighted by atomic mass is 9.97. The highest BCUT2D eigenvalue weighted by Gasteiger charge is 2.24. The number of aliphatic carboxylic acids is 1. The third-order valence-corrected chi connectivity index (χ3v) is 5.33. The number of hydrogen-bond acceptors (Lipinski definition) is 5. The number of aromatic nitrogens is 1. The molecule has 138 valence electrons. The highest BCUT2D eigenvalue weighted by Crippen LogP contribution is 2.20. The molecule has 0 aliphatic carbocycles. The van der Waals surface area contributed by atoms with E-state index < -0.39 is 5.97 Å². The molecule has 2 fully saturated rings. The molecule has 1 N–H and O–H groups in total. The van der Waals surface area contributed by atoms with E-state index in [-0.39, 0.29) is 6.42 Å². The number of hydrogen-bond donors (Lipinski definition) is 1. The van der Waals surface area contributed by atoms with Crippen molar-refractivity contribution in [3.8, 4) is 0 Å². The minimum Gasteiger partial charge on any atom is -0.481 e. The Morgan fingerprint density at radius 3 is 2.72 bits per heavy atom. The van der Waals surface area contributed by atoms with Crippen molar-refractivity contribution >= 4 is 11.8 Å². The zero-order valence-electron chi connectivity index (χ0n) is 15.0. The van der Waals surface area contributed by atoms with Gasteiger partial charge in [-0.1, -0.05) is 6.07 Å². The van der Waals surface area contributed by atoms with E-state index >= 15 is 0 Å². The van der Waals surface area contributed by atoms with Crippen molar-refractivity contribution in [2.45, 2.75) is 25.7 Å². The topological polar surface area (TPSA) is 59.9 Å². The number of pyridine rings is 1. The van der Waals surface area contributed by atoms with Gasteiger partial charge in [0.2, 0.25) is 0 Å². The first-order valence-corrected chi connectivity index (χ1v) is 9.53. The summed E-state index contributed by atoms with van der Waals surface area (Å²) in [5, 5.41) is 8.78. The van der Waals surface area contributed by atoms with Crippen LogP contribution in [0.25, 0.3) is 0 Å². The Morgan fingerprint density at radius 1 is 1.16 bits per heavy atom. The van der Waals surface area contributed by atoms with E-state index in [0.717, 1.165) is 64.0 Å². The van der Waals surface area contributed by atoms with Gasteiger partial charge in [0, 0.05) is 51.9 Å². The maximum Gasteiger partial charge on any atom is 0.303 e. The Hall–Kier alpha value is -1.66. The largest absolute Gasteiger partial charge is 0.481 e. The van der Waals surface area contributed by atoms with Gasteiger partial charge in [-0.05, 0) is 50.4 Å². The van der Waals surface area contributed by atoms with Gasteiger partial charge in [-0.25, -0.2) is 4.98 Å². The average Bonchev–Trinajstić information content (AvgIpc) is 2.63. The van der Waals surface area contributed by atoms with Crippen molar-refractivity contribution in [1.29, 1.82) is 0 Å². The lowest BCUT2D eigenvalue weighted by molar-refractivity contribution is -0.137. The number of anilines is 1. The third kappa shape index (κ3) is 5.68. The second-order valence-electron chi connectivity index (χ2n) is 7.28. The molecule has 6 heteroatoms. The van der Waals surface area contributed by atoms with Gasteiger partial charge in [0.05, 0.1) is 0 Å². The molecular weight excluding hydrogens is 316 g/mol. The molecule has 0 saturated carbocycles. The van der Waals surface area contributed by atoms with Crippen molar-refractivity contribution < 1.29 is 9.90 Å². The van der Waals surface area contributed by atoms with Gasteiger partial charge in [-0.15, -0.1) is 0 Å². The summed E-state index contributed by atoms with van der Waals surface area (Å²) in [6.07, 6.45) is 5.46. The van der Waals surface area contributed by atoms with Gasteiger partial charge in [-0.2, -0.15) is 0 Å². The number of piperidine rings is 1. The van der Waals surface area contributed by atoms with Crippen molar-refractivity contribution in [1.82, 2.24) is 14.8 Å². The molecule has 0 spiro atoms. The lowest BCUT2D eigenvalue weighted by Crippen LogP contribution is -2.49. The van der Waals surface area contributed by atoms with E-state index in [1.54, 1.807) is 0 Å². The van der Waals surface area contributed by atoms with Gasteiger partial charge < -0.3 is 14.9 Å². The SMILES string of the molecule is O=C(O)CCCN1CCCC(CN2CCN(c3ccccn3)CC2)C1. The van der Waals surface area contributed by atoms with Gasteiger partial charge in [0.25, 0.3) is 0 Å². The van der Waals surface area contributed by atoms with Crippen molar-refractivity contribution in [2.75, 3.05) is 57.3 Å². The van der Waals surface area contributed by atoms with Crippen molar-refractivity contribution in [3.05, 3.63) is 24.4 Å². The molecule has 2 aliphatic rings. The standard InChI is InChI=1S/C19H30N4O2/c24-19(25)7-4-10-21-9-3-5-17(15-21)16-22-11-13-23(14-12-22)18-6-1-2-8-20-18/h1-2,6,8,17H,3-5,7,9-16H2,(H,24,25). The Balaban J connectivity index is 1.39. The summed E-state index contributed by atoms with van der Waals surface area (Å²) in [4.78, 5) is 22.5. The Morgan fingerprint density at radius 2 is 2.00 bits per heavy atom. The van der Waals surface area contributed by atoms with E-state index in [2.05, 4.69) is 31.8 Å². The molecule has 0 bridgehead atoms. The van der Waals surface area contributed by atoms with Crippen LogP contribution in [0.4, 0.5) is 5.82 Å². The summed E-state index contributed by atoms with van der Waals surface area (Å²) in [7, 11) is 0. The van der Waals surface area contributed by atoms with Gasteiger partial charge in [0.1, 0.15) is 5.82 Å². The number of carboxylic acid groups (broad SMARTS) is 1. The molecule has 1 atom stereocenters. The summed E-state index contributed by atoms with van der Waals surface area (Å²) >= 11 is 0. The average molecular weight is 346 g/mol. The maximum absolute atomic E-state index is 10.7. The fraction of sp³-hybridized carbons (Fsp3) is 0.684. The summed E-state index contributed by atoms with van der Waals surface area (Å²) in [5.74, 6) is 1.13. The molecule has 3 heterocycles. The predicted octanol–water partition coefficient (Wildman–Crippen LogP) is 1.78. The van der Waals surface area contributed by atoms with Crippen LogP contribution in [0.5, 0.6) is 0 Å². The van der Waals surface area contributed by atoms with Crippen LogP contribution in [-0.2, 0) is 4.79 Å². The normalized spacial score (nSPS) is 22.9. The number of likely N-dealkylation sites (tertiary alicyclic amines) is 1. The molecule has 6 nitrogen and oxygen atoms in total. The Kier molecular flexibility index (Phi) is 6.64. The molecule has 0 amide bonds. The molecule has 1 aromatic rings. The first-order chi connectivity index (χ1) is 12.2. The number of carbonyl (C=O) groups is 1. The van der Waals surface area contributed by atoms with E-state index in [1.807, 2.05) is 12.3 Å². The highest BCUT2D eigenvalue weighted by atomic mass is 16.4. The first kappa shape index (κ1) is 18.1. The fourth-order valence-corrected chi connectivity index (χ4v) is 4.02. The Bertz CT molecular complexity index is 531. The van der Waals surface area contributed by atoms with E-state index in [9.17, 15) is 4.79 Å². The van der Waals surface area contributed by atoms with Crippen molar-refractivity contribution in [3.63, 3.8) is 0 Å². The molecule has 2 saturated heterocycles. The lowest BCUT2D eigenvalue weighted by Gasteiger charge is -2.39.